The van der Waals surface area contributed by atoms with Crippen LogP contribution in [0.1, 0.15) is 49.6 Å². The summed E-state index contributed by atoms with van der Waals surface area (Å²) in [5.41, 5.74) is 1.87. The average Bonchev–Trinajstić information content (AvgIpc) is 3.43. The first kappa shape index (κ1) is 18.8. The number of anilines is 2. The standard InChI is InChI=1S/C20H23F3N4O/c1-12(2)19-25-17(24-15-4-5-15)10-18(26-19)27-8-7-13-3-6-16(9-14(13)11-27)28-20(21,22)23/h3,6,9-10,12,15H,4-5,7-8,11H2,1-2H3,(H,24,25,26). The van der Waals surface area contributed by atoms with Crippen molar-refractivity contribution >= 4 is 11.6 Å². The molecule has 2 aliphatic rings. The van der Waals surface area contributed by atoms with Gasteiger partial charge < -0.3 is 15.0 Å². The lowest BCUT2D eigenvalue weighted by molar-refractivity contribution is -0.274. The lowest BCUT2D eigenvalue weighted by Crippen LogP contribution is -2.31. The molecule has 1 aromatic heterocycles. The maximum absolute atomic E-state index is 12.5. The van der Waals surface area contributed by atoms with Gasteiger partial charge in [0, 0.05) is 31.1 Å². The van der Waals surface area contributed by atoms with Crippen LogP contribution in [0, 0.1) is 0 Å². The number of alkyl halides is 3. The lowest BCUT2D eigenvalue weighted by Gasteiger charge is -2.30. The fraction of sp³-hybridized carbons (Fsp3) is 0.500. The summed E-state index contributed by atoms with van der Waals surface area (Å²) in [6, 6.07) is 6.98. The van der Waals surface area contributed by atoms with Crippen molar-refractivity contribution in [2.45, 2.75) is 58.0 Å². The zero-order valence-electron chi connectivity index (χ0n) is 15.9. The topological polar surface area (TPSA) is 50.3 Å². The molecule has 2 heterocycles. The highest BCUT2D eigenvalue weighted by molar-refractivity contribution is 5.53. The number of fused-ring (bicyclic) bond motifs is 1. The van der Waals surface area contributed by atoms with E-state index in [9.17, 15) is 13.2 Å². The summed E-state index contributed by atoms with van der Waals surface area (Å²) in [5, 5.41) is 3.42. The van der Waals surface area contributed by atoms with Crippen molar-refractivity contribution in [3.63, 3.8) is 0 Å². The van der Waals surface area contributed by atoms with Gasteiger partial charge in [0.25, 0.3) is 0 Å². The highest BCUT2D eigenvalue weighted by Gasteiger charge is 2.31. The number of hydrogen-bond donors (Lipinski definition) is 1. The molecule has 4 rings (SSSR count). The molecule has 1 aliphatic heterocycles. The van der Waals surface area contributed by atoms with E-state index in [-0.39, 0.29) is 11.7 Å². The molecule has 8 heteroatoms. The second-order valence-corrected chi connectivity index (χ2v) is 7.69. The number of nitrogens with one attached hydrogen (secondary N) is 1. The van der Waals surface area contributed by atoms with Crippen LogP contribution in [0.5, 0.6) is 5.75 Å². The molecule has 5 nitrogen and oxygen atoms in total. The molecular weight excluding hydrogens is 369 g/mol. The predicted octanol–water partition coefficient (Wildman–Crippen LogP) is 4.64. The van der Waals surface area contributed by atoms with Gasteiger partial charge in [-0.3, -0.25) is 0 Å². The van der Waals surface area contributed by atoms with Crippen LogP contribution >= 0.6 is 0 Å². The molecule has 1 aliphatic carbocycles. The first-order valence-corrected chi connectivity index (χ1v) is 9.55. The summed E-state index contributed by atoms with van der Waals surface area (Å²) >= 11 is 0. The Kier molecular flexibility index (Phi) is 4.81. The highest BCUT2D eigenvalue weighted by atomic mass is 19.4. The van der Waals surface area contributed by atoms with Gasteiger partial charge >= 0.3 is 6.36 Å². The molecule has 0 amide bonds. The molecule has 0 atom stereocenters. The Balaban J connectivity index is 1.59. The summed E-state index contributed by atoms with van der Waals surface area (Å²) in [4.78, 5) is 11.4. The molecular formula is C20H23F3N4O. The smallest absolute Gasteiger partial charge is 0.406 e. The molecule has 0 spiro atoms. The van der Waals surface area contributed by atoms with Crippen molar-refractivity contribution in [1.82, 2.24) is 9.97 Å². The third-order valence-corrected chi connectivity index (χ3v) is 4.92. The minimum absolute atomic E-state index is 0.184. The molecule has 0 radical (unpaired) electrons. The number of benzene rings is 1. The van der Waals surface area contributed by atoms with E-state index in [0.29, 0.717) is 12.6 Å². The molecule has 28 heavy (non-hydrogen) atoms. The second kappa shape index (κ2) is 7.14. The van der Waals surface area contributed by atoms with Crippen LogP contribution < -0.4 is 15.0 Å². The minimum Gasteiger partial charge on any atom is -0.406 e. The Bertz CT molecular complexity index is 865. The minimum atomic E-state index is -4.69. The average molecular weight is 392 g/mol. The Labute approximate surface area is 161 Å². The lowest BCUT2D eigenvalue weighted by atomic mass is 9.99. The van der Waals surface area contributed by atoms with E-state index >= 15 is 0 Å². The summed E-state index contributed by atoms with van der Waals surface area (Å²) in [5.74, 6) is 2.38. The maximum atomic E-state index is 12.5. The van der Waals surface area contributed by atoms with Crippen molar-refractivity contribution in [2.75, 3.05) is 16.8 Å². The number of nitrogens with zero attached hydrogens (tertiary/aromatic N) is 3. The van der Waals surface area contributed by atoms with Crippen LogP contribution in [-0.2, 0) is 13.0 Å². The molecule has 1 aromatic carbocycles. The zero-order chi connectivity index (χ0) is 19.9. The number of hydrogen-bond acceptors (Lipinski definition) is 5. The fourth-order valence-corrected chi connectivity index (χ4v) is 3.31. The molecule has 0 bridgehead atoms. The van der Waals surface area contributed by atoms with Crippen LogP contribution in [0.4, 0.5) is 24.8 Å². The molecule has 1 N–H and O–H groups in total. The predicted molar refractivity (Wildman–Crippen MR) is 101 cm³/mol. The van der Waals surface area contributed by atoms with E-state index in [1.165, 1.54) is 12.1 Å². The van der Waals surface area contributed by atoms with E-state index in [1.807, 2.05) is 19.9 Å². The van der Waals surface area contributed by atoms with Gasteiger partial charge in [-0.25, -0.2) is 9.97 Å². The SMILES string of the molecule is CC(C)c1nc(NC2CC2)cc(N2CCc3ccc(OC(F)(F)F)cc3C2)n1. The number of ether oxygens (including phenoxy) is 1. The van der Waals surface area contributed by atoms with Crippen molar-refractivity contribution in [2.24, 2.45) is 0 Å². The maximum Gasteiger partial charge on any atom is 0.573 e. The highest BCUT2D eigenvalue weighted by Crippen LogP contribution is 2.31. The van der Waals surface area contributed by atoms with Gasteiger partial charge in [0.15, 0.2) is 0 Å². The van der Waals surface area contributed by atoms with Crippen LogP contribution in [0.2, 0.25) is 0 Å². The second-order valence-electron chi connectivity index (χ2n) is 7.69. The molecule has 0 saturated heterocycles. The van der Waals surface area contributed by atoms with Crippen LogP contribution in [0.15, 0.2) is 24.3 Å². The van der Waals surface area contributed by atoms with E-state index in [1.54, 1.807) is 6.07 Å². The summed E-state index contributed by atoms with van der Waals surface area (Å²) in [7, 11) is 0. The first-order valence-electron chi connectivity index (χ1n) is 9.55. The van der Waals surface area contributed by atoms with Crippen LogP contribution in [0.25, 0.3) is 0 Å². The number of halogens is 3. The van der Waals surface area contributed by atoms with Crippen LogP contribution in [-0.4, -0.2) is 28.9 Å². The van der Waals surface area contributed by atoms with E-state index in [2.05, 4.69) is 19.9 Å². The quantitative estimate of drug-likeness (QED) is 0.804. The molecule has 1 fully saturated rings. The summed E-state index contributed by atoms with van der Waals surface area (Å²) < 4.78 is 41.7. The largest absolute Gasteiger partial charge is 0.573 e. The first-order chi connectivity index (χ1) is 13.3. The third kappa shape index (κ3) is 4.48. The summed E-state index contributed by atoms with van der Waals surface area (Å²) in [6.07, 6.45) is -1.65. The van der Waals surface area contributed by atoms with Crippen molar-refractivity contribution in [3.8, 4) is 5.75 Å². The van der Waals surface area contributed by atoms with Gasteiger partial charge in [0.1, 0.15) is 23.2 Å². The van der Waals surface area contributed by atoms with Gasteiger partial charge in [-0.15, -0.1) is 13.2 Å². The Morgan fingerprint density at radius 2 is 1.93 bits per heavy atom. The zero-order valence-corrected chi connectivity index (χ0v) is 15.9. The molecule has 1 saturated carbocycles. The number of aromatic nitrogens is 2. The third-order valence-electron chi connectivity index (χ3n) is 4.92. The molecule has 0 unspecified atom stereocenters. The van der Waals surface area contributed by atoms with E-state index < -0.39 is 6.36 Å². The Morgan fingerprint density at radius 1 is 1.14 bits per heavy atom. The van der Waals surface area contributed by atoms with E-state index in [0.717, 1.165) is 54.4 Å². The van der Waals surface area contributed by atoms with Crippen molar-refractivity contribution in [3.05, 3.63) is 41.2 Å². The fourth-order valence-electron chi connectivity index (χ4n) is 3.31. The van der Waals surface area contributed by atoms with Gasteiger partial charge in [-0.2, -0.15) is 0 Å². The van der Waals surface area contributed by atoms with Gasteiger partial charge in [-0.05, 0) is 42.5 Å². The van der Waals surface area contributed by atoms with Gasteiger partial charge in [-0.1, -0.05) is 19.9 Å². The monoisotopic (exact) mass is 392 g/mol. The Morgan fingerprint density at radius 3 is 2.61 bits per heavy atom. The Hall–Kier alpha value is -2.51. The van der Waals surface area contributed by atoms with Crippen molar-refractivity contribution in [1.29, 1.82) is 0 Å². The summed E-state index contributed by atoms with van der Waals surface area (Å²) in [6.45, 7) is 5.34. The normalized spacial score (nSPS) is 16.9. The van der Waals surface area contributed by atoms with E-state index in [4.69, 9.17) is 4.98 Å². The van der Waals surface area contributed by atoms with Gasteiger partial charge in [0.2, 0.25) is 0 Å². The van der Waals surface area contributed by atoms with Crippen LogP contribution in [0.3, 0.4) is 0 Å². The molecule has 2 aromatic rings. The van der Waals surface area contributed by atoms with Gasteiger partial charge in [0.05, 0.1) is 0 Å². The van der Waals surface area contributed by atoms with Crippen molar-refractivity contribution < 1.29 is 17.9 Å². The molecule has 150 valence electrons. The number of rotatable bonds is 5.